The lowest BCUT2D eigenvalue weighted by atomic mass is 10.00. The summed E-state index contributed by atoms with van der Waals surface area (Å²) in [4.78, 5) is 0. The third-order valence-electron chi connectivity index (χ3n) is 3.17. The molecule has 1 aromatic carbocycles. The highest BCUT2D eigenvalue weighted by Gasteiger charge is 2.21. The SMILES string of the molecule is Cc1cc(CNC(C)C(C)(C)O)cc(C)c1F. The van der Waals surface area contributed by atoms with Crippen LogP contribution in [0.5, 0.6) is 0 Å². The minimum absolute atomic E-state index is 0.0202. The van der Waals surface area contributed by atoms with Gasteiger partial charge in [-0.05, 0) is 51.3 Å². The highest BCUT2D eigenvalue weighted by molar-refractivity contribution is 5.30. The van der Waals surface area contributed by atoms with Crippen LogP contribution in [0.4, 0.5) is 4.39 Å². The van der Waals surface area contributed by atoms with Crippen molar-refractivity contribution >= 4 is 0 Å². The fourth-order valence-electron chi connectivity index (χ4n) is 1.66. The molecule has 0 saturated heterocycles. The summed E-state index contributed by atoms with van der Waals surface area (Å²) >= 11 is 0. The van der Waals surface area contributed by atoms with Gasteiger partial charge in [0, 0.05) is 12.6 Å². The molecule has 0 aliphatic heterocycles. The Morgan fingerprint density at radius 2 is 1.76 bits per heavy atom. The lowest BCUT2D eigenvalue weighted by Crippen LogP contribution is -2.44. The maximum Gasteiger partial charge on any atom is 0.129 e. The van der Waals surface area contributed by atoms with Gasteiger partial charge in [0.1, 0.15) is 5.82 Å². The molecule has 17 heavy (non-hydrogen) atoms. The van der Waals surface area contributed by atoms with E-state index in [1.807, 2.05) is 19.1 Å². The standard InChI is InChI=1S/C14H22FNO/c1-9-6-12(7-10(2)13(9)15)8-16-11(3)14(4,5)17/h6-7,11,16-17H,8H2,1-5H3. The molecule has 0 saturated carbocycles. The van der Waals surface area contributed by atoms with Gasteiger partial charge in [0.15, 0.2) is 0 Å². The average molecular weight is 239 g/mol. The first-order chi connectivity index (χ1) is 7.71. The van der Waals surface area contributed by atoms with E-state index >= 15 is 0 Å². The van der Waals surface area contributed by atoms with E-state index in [0.29, 0.717) is 17.7 Å². The number of halogens is 1. The Morgan fingerprint density at radius 3 is 2.18 bits per heavy atom. The van der Waals surface area contributed by atoms with Crippen LogP contribution < -0.4 is 5.32 Å². The average Bonchev–Trinajstić information content (AvgIpc) is 2.20. The van der Waals surface area contributed by atoms with Crippen LogP contribution in [0.1, 0.15) is 37.5 Å². The van der Waals surface area contributed by atoms with Crippen molar-refractivity contribution in [3.63, 3.8) is 0 Å². The minimum atomic E-state index is -0.760. The fraction of sp³-hybridized carbons (Fsp3) is 0.571. The van der Waals surface area contributed by atoms with Gasteiger partial charge in [-0.2, -0.15) is 0 Å². The zero-order valence-corrected chi connectivity index (χ0v) is 11.3. The predicted octanol–water partition coefficient (Wildman–Crippen LogP) is 2.69. The molecule has 0 aliphatic carbocycles. The first-order valence-electron chi connectivity index (χ1n) is 5.93. The van der Waals surface area contributed by atoms with Crippen LogP contribution in [0.3, 0.4) is 0 Å². The Labute approximate surface area is 103 Å². The Kier molecular flexibility index (Phi) is 4.28. The van der Waals surface area contributed by atoms with Gasteiger partial charge in [-0.1, -0.05) is 12.1 Å². The first kappa shape index (κ1) is 14.1. The van der Waals surface area contributed by atoms with Crippen LogP contribution in [0.25, 0.3) is 0 Å². The topological polar surface area (TPSA) is 32.3 Å². The Hall–Kier alpha value is -0.930. The number of aliphatic hydroxyl groups is 1. The normalized spacial score (nSPS) is 13.8. The van der Waals surface area contributed by atoms with Gasteiger partial charge in [0.25, 0.3) is 0 Å². The second-order valence-electron chi connectivity index (χ2n) is 5.30. The lowest BCUT2D eigenvalue weighted by molar-refractivity contribution is 0.0437. The van der Waals surface area contributed by atoms with Gasteiger partial charge in [-0.3, -0.25) is 0 Å². The van der Waals surface area contributed by atoms with E-state index in [1.165, 1.54) is 0 Å². The van der Waals surface area contributed by atoms with E-state index in [4.69, 9.17) is 0 Å². The molecule has 1 atom stereocenters. The van der Waals surface area contributed by atoms with Crippen molar-refractivity contribution in [2.24, 2.45) is 0 Å². The van der Waals surface area contributed by atoms with Gasteiger partial charge in [0.05, 0.1) is 5.60 Å². The molecule has 0 amide bonds. The number of benzene rings is 1. The van der Waals surface area contributed by atoms with Gasteiger partial charge in [0.2, 0.25) is 0 Å². The van der Waals surface area contributed by atoms with Crippen molar-refractivity contribution in [2.45, 2.75) is 52.8 Å². The van der Waals surface area contributed by atoms with Crippen molar-refractivity contribution in [3.8, 4) is 0 Å². The molecule has 3 heteroatoms. The van der Waals surface area contributed by atoms with E-state index in [0.717, 1.165) is 5.56 Å². The molecular weight excluding hydrogens is 217 g/mol. The molecule has 2 nitrogen and oxygen atoms in total. The molecule has 0 spiro atoms. The number of hydrogen-bond donors (Lipinski definition) is 2. The van der Waals surface area contributed by atoms with Crippen molar-refractivity contribution in [1.29, 1.82) is 0 Å². The summed E-state index contributed by atoms with van der Waals surface area (Å²) in [6.45, 7) is 9.64. The van der Waals surface area contributed by atoms with Crippen molar-refractivity contribution < 1.29 is 9.50 Å². The van der Waals surface area contributed by atoms with E-state index in [2.05, 4.69) is 5.32 Å². The number of aryl methyl sites for hydroxylation is 2. The zero-order chi connectivity index (χ0) is 13.2. The second-order valence-corrected chi connectivity index (χ2v) is 5.30. The molecular formula is C14H22FNO. The Morgan fingerprint density at radius 1 is 1.29 bits per heavy atom. The highest BCUT2D eigenvalue weighted by Crippen LogP contribution is 2.15. The third kappa shape index (κ3) is 3.79. The fourth-order valence-corrected chi connectivity index (χ4v) is 1.66. The minimum Gasteiger partial charge on any atom is -0.389 e. The van der Waals surface area contributed by atoms with E-state index in [-0.39, 0.29) is 11.9 Å². The highest BCUT2D eigenvalue weighted by atomic mass is 19.1. The van der Waals surface area contributed by atoms with Crippen LogP contribution in [-0.4, -0.2) is 16.7 Å². The van der Waals surface area contributed by atoms with Crippen LogP contribution in [0, 0.1) is 19.7 Å². The molecule has 0 heterocycles. The second kappa shape index (κ2) is 5.15. The monoisotopic (exact) mass is 239 g/mol. The van der Waals surface area contributed by atoms with Gasteiger partial charge >= 0.3 is 0 Å². The lowest BCUT2D eigenvalue weighted by Gasteiger charge is -2.27. The molecule has 96 valence electrons. The van der Waals surface area contributed by atoms with E-state index < -0.39 is 5.60 Å². The molecule has 2 N–H and O–H groups in total. The molecule has 1 unspecified atom stereocenters. The summed E-state index contributed by atoms with van der Waals surface area (Å²) in [5.41, 5.74) is 1.61. The zero-order valence-electron chi connectivity index (χ0n) is 11.3. The van der Waals surface area contributed by atoms with Gasteiger partial charge in [-0.15, -0.1) is 0 Å². The van der Waals surface area contributed by atoms with Crippen LogP contribution in [-0.2, 0) is 6.54 Å². The smallest absolute Gasteiger partial charge is 0.129 e. The molecule has 0 radical (unpaired) electrons. The Bertz CT molecular complexity index is 373. The molecule has 1 aromatic rings. The number of nitrogens with one attached hydrogen (secondary N) is 1. The summed E-state index contributed by atoms with van der Waals surface area (Å²) < 4.78 is 13.4. The maximum atomic E-state index is 13.4. The van der Waals surface area contributed by atoms with Crippen molar-refractivity contribution in [2.75, 3.05) is 0 Å². The summed E-state index contributed by atoms with van der Waals surface area (Å²) in [5, 5.41) is 13.0. The van der Waals surface area contributed by atoms with Gasteiger partial charge < -0.3 is 10.4 Å². The summed E-state index contributed by atoms with van der Waals surface area (Å²) in [5.74, 6) is -0.135. The molecule has 0 bridgehead atoms. The largest absolute Gasteiger partial charge is 0.389 e. The quantitative estimate of drug-likeness (QED) is 0.846. The van der Waals surface area contributed by atoms with E-state index in [1.54, 1.807) is 27.7 Å². The molecule has 0 aromatic heterocycles. The molecule has 1 rings (SSSR count). The van der Waals surface area contributed by atoms with Crippen molar-refractivity contribution in [1.82, 2.24) is 5.32 Å². The van der Waals surface area contributed by atoms with Crippen LogP contribution >= 0.6 is 0 Å². The first-order valence-corrected chi connectivity index (χ1v) is 5.93. The maximum absolute atomic E-state index is 13.4. The number of hydrogen-bond acceptors (Lipinski definition) is 2. The van der Waals surface area contributed by atoms with E-state index in [9.17, 15) is 9.50 Å². The van der Waals surface area contributed by atoms with Crippen LogP contribution in [0.2, 0.25) is 0 Å². The van der Waals surface area contributed by atoms with Crippen molar-refractivity contribution in [3.05, 3.63) is 34.6 Å². The molecule has 0 fully saturated rings. The summed E-state index contributed by atoms with van der Waals surface area (Å²) in [6.07, 6.45) is 0. The number of rotatable bonds is 4. The molecule has 0 aliphatic rings. The summed E-state index contributed by atoms with van der Waals surface area (Å²) in [7, 11) is 0. The third-order valence-corrected chi connectivity index (χ3v) is 3.17. The Balaban J connectivity index is 2.71. The predicted molar refractivity (Wildman–Crippen MR) is 68.5 cm³/mol. The summed E-state index contributed by atoms with van der Waals surface area (Å²) in [6, 6.07) is 3.66. The van der Waals surface area contributed by atoms with Crippen LogP contribution in [0.15, 0.2) is 12.1 Å². The van der Waals surface area contributed by atoms with Gasteiger partial charge in [-0.25, -0.2) is 4.39 Å².